The van der Waals surface area contributed by atoms with Crippen LogP contribution in [0.3, 0.4) is 0 Å². The molecule has 186 valence electrons. The molecule has 9 nitrogen and oxygen atoms in total. The zero-order valence-electron chi connectivity index (χ0n) is 16.4. The summed E-state index contributed by atoms with van der Waals surface area (Å²) in [6.45, 7) is -1.72. The molecule has 2 unspecified atom stereocenters. The fourth-order valence-corrected chi connectivity index (χ4v) is 1.68. The van der Waals surface area contributed by atoms with Crippen molar-refractivity contribution in [1.29, 1.82) is 0 Å². The number of alkyl halides is 6. The molecule has 31 heavy (non-hydrogen) atoms. The Balaban J connectivity index is 3.89. The normalized spacial score (nSPS) is 15.1. The van der Waals surface area contributed by atoms with E-state index in [0.717, 1.165) is 0 Å². The largest absolute Gasteiger partial charge is 0.495 e. The van der Waals surface area contributed by atoms with E-state index in [-0.39, 0.29) is 39.6 Å². The van der Waals surface area contributed by atoms with E-state index >= 15 is 0 Å². The zero-order valence-corrected chi connectivity index (χ0v) is 16.4. The minimum Gasteiger partial charge on any atom is -0.388 e. The maximum Gasteiger partial charge on any atom is 0.495 e. The van der Waals surface area contributed by atoms with Gasteiger partial charge in [-0.1, -0.05) is 6.08 Å². The topological polar surface area (TPSA) is 116 Å². The first-order valence-electron chi connectivity index (χ1n) is 8.75. The monoisotopic (exact) mass is 476 g/mol. The third-order valence-corrected chi connectivity index (χ3v) is 2.84. The molecule has 0 aliphatic rings. The van der Waals surface area contributed by atoms with Crippen molar-refractivity contribution in [2.45, 2.75) is 30.7 Å². The Kier molecular flexibility index (Phi) is 14.4. The minimum atomic E-state index is -5.40. The van der Waals surface area contributed by atoms with Crippen LogP contribution in [-0.2, 0) is 28.4 Å². The number of aliphatic hydroxyl groups excluding tert-OH is 3. The van der Waals surface area contributed by atoms with Crippen molar-refractivity contribution in [2.24, 2.45) is 0 Å². The SMILES string of the molecule is C=CCOCC(O)COCC(O)COCCOCC(F)(F)OC(F)(F)OC(F)(F)CO. The Morgan fingerprint density at radius 3 is 1.77 bits per heavy atom. The highest BCUT2D eigenvalue weighted by molar-refractivity contribution is 4.65. The predicted molar refractivity (Wildman–Crippen MR) is 89.6 cm³/mol. The van der Waals surface area contributed by atoms with Crippen molar-refractivity contribution < 1.29 is 70.1 Å². The summed E-state index contributed by atoms with van der Waals surface area (Å²) in [6.07, 6.45) is -15.4. The molecule has 0 aromatic carbocycles. The predicted octanol–water partition coefficient (Wildman–Crippen LogP) is 0.722. The van der Waals surface area contributed by atoms with Gasteiger partial charge in [0, 0.05) is 0 Å². The third-order valence-electron chi connectivity index (χ3n) is 2.84. The Morgan fingerprint density at radius 1 is 0.742 bits per heavy atom. The second-order valence-corrected chi connectivity index (χ2v) is 5.90. The summed E-state index contributed by atoms with van der Waals surface area (Å²) in [5, 5.41) is 27.1. The number of halogens is 6. The van der Waals surface area contributed by atoms with Crippen LogP contribution in [0.4, 0.5) is 26.3 Å². The van der Waals surface area contributed by atoms with Crippen LogP contribution >= 0.6 is 0 Å². The van der Waals surface area contributed by atoms with Gasteiger partial charge >= 0.3 is 18.5 Å². The highest BCUT2D eigenvalue weighted by Crippen LogP contribution is 2.33. The first-order chi connectivity index (χ1) is 14.3. The molecule has 0 rings (SSSR count). The van der Waals surface area contributed by atoms with Gasteiger partial charge in [0.05, 0.1) is 46.2 Å². The summed E-state index contributed by atoms with van der Waals surface area (Å²) < 4.78 is 102. The summed E-state index contributed by atoms with van der Waals surface area (Å²) in [5.41, 5.74) is 0. The molecule has 0 heterocycles. The van der Waals surface area contributed by atoms with E-state index in [0.29, 0.717) is 0 Å². The fourth-order valence-electron chi connectivity index (χ4n) is 1.68. The van der Waals surface area contributed by atoms with Gasteiger partial charge in [0.25, 0.3) is 0 Å². The molecule has 0 saturated heterocycles. The van der Waals surface area contributed by atoms with Crippen LogP contribution in [0.15, 0.2) is 12.7 Å². The van der Waals surface area contributed by atoms with Gasteiger partial charge in [0.15, 0.2) is 0 Å². The Morgan fingerprint density at radius 2 is 1.23 bits per heavy atom. The van der Waals surface area contributed by atoms with Crippen LogP contribution in [0.1, 0.15) is 0 Å². The quantitative estimate of drug-likeness (QED) is 0.101. The molecule has 0 spiro atoms. The van der Waals surface area contributed by atoms with E-state index in [9.17, 15) is 36.6 Å². The van der Waals surface area contributed by atoms with E-state index in [2.05, 4.69) is 20.8 Å². The number of ether oxygens (including phenoxy) is 6. The second-order valence-electron chi connectivity index (χ2n) is 5.90. The van der Waals surface area contributed by atoms with Crippen molar-refractivity contribution in [3.05, 3.63) is 12.7 Å². The first-order valence-corrected chi connectivity index (χ1v) is 8.75. The molecule has 0 bridgehead atoms. The standard InChI is InChI=1S/C16H26F6O9/c1-2-3-26-6-12(24)8-29-9-13(25)7-27-4-5-28-11-15(19,20)31-16(21,22)30-14(17,18)10-23/h2,12-13,23-25H,1,3-11H2. The van der Waals surface area contributed by atoms with Crippen molar-refractivity contribution in [2.75, 3.05) is 59.5 Å². The molecule has 0 amide bonds. The second kappa shape index (κ2) is 14.9. The van der Waals surface area contributed by atoms with Gasteiger partial charge in [-0.2, -0.15) is 17.6 Å². The van der Waals surface area contributed by atoms with Crippen LogP contribution in [0.25, 0.3) is 0 Å². The minimum absolute atomic E-state index is 0.00617. The van der Waals surface area contributed by atoms with Gasteiger partial charge in [-0.25, -0.2) is 9.47 Å². The molecule has 0 aliphatic heterocycles. The molecule has 15 heteroatoms. The van der Waals surface area contributed by atoms with E-state index in [1.165, 1.54) is 6.08 Å². The molecular formula is C16H26F6O9. The summed E-state index contributed by atoms with van der Waals surface area (Å²) in [4.78, 5) is 0. The van der Waals surface area contributed by atoms with Gasteiger partial charge in [0.2, 0.25) is 0 Å². The van der Waals surface area contributed by atoms with Gasteiger partial charge in [-0.05, 0) is 0 Å². The first kappa shape index (κ1) is 30.0. The van der Waals surface area contributed by atoms with Gasteiger partial charge in [-0.3, -0.25) is 0 Å². The fraction of sp³-hybridized carbons (Fsp3) is 0.875. The molecule has 0 aromatic heterocycles. The maximum absolute atomic E-state index is 13.2. The summed E-state index contributed by atoms with van der Waals surface area (Å²) in [7, 11) is 0. The van der Waals surface area contributed by atoms with Gasteiger partial charge in [-0.15, -0.1) is 15.4 Å². The number of hydrogen-bond donors (Lipinski definition) is 3. The van der Waals surface area contributed by atoms with E-state index in [1.807, 2.05) is 0 Å². The molecule has 0 radical (unpaired) electrons. The summed E-state index contributed by atoms with van der Waals surface area (Å²) in [5.74, 6) is 0. The highest BCUT2D eigenvalue weighted by Gasteiger charge is 2.52. The van der Waals surface area contributed by atoms with Gasteiger partial charge in [0.1, 0.15) is 25.4 Å². The molecule has 0 aromatic rings. The van der Waals surface area contributed by atoms with Crippen LogP contribution in [0.5, 0.6) is 0 Å². The van der Waals surface area contributed by atoms with E-state index in [4.69, 9.17) is 19.3 Å². The summed E-state index contributed by atoms with van der Waals surface area (Å²) in [6, 6.07) is 0. The zero-order chi connectivity index (χ0) is 24.0. The Hall–Kier alpha value is -1.04. The van der Waals surface area contributed by atoms with E-state index < -0.39 is 50.5 Å². The number of rotatable bonds is 20. The molecule has 3 N–H and O–H groups in total. The number of hydrogen-bond acceptors (Lipinski definition) is 9. The summed E-state index contributed by atoms with van der Waals surface area (Å²) >= 11 is 0. The van der Waals surface area contributed by atoms with Crippen LogP contribution in [-0.4, -0.2) is 106 Å². The van der Waals surface area contributed by atoms with Crippen molar-refractivity contribution >= 4 is 0 Å². The lowest BCUT2D eigenvalue weighted by Gasteiger charge is -2.25. The van der Waals surface area contributed by atoms with Crippen molar-refractivity contribution in [3.8, 4) is 0 Å². The van der Waals surface area contributed by atoms with Crippen molar-refractivity contribution in [3.63, 3.8) is 0 Å². The van der Waals surface area contributed by atoms with E-state index in [1.54, 1.807) is 0 Å². The molecular weight excluding hydrogens is 450 g/mol. The average Bonchev–Trinajstić information content (AvgIpc) is 2.63. The third kappa shape index (κ3) is 17.2. The Bertz CT molecular complexity index is 484. The van der Waals surface area contributed by atoms with Crippen LogP contribution < -0.4 is 0 Å². The maximum atomic E-state index is 13.2. The average molecular weight is 476 g/mol. The lowest BCUT2D eigenvalue weighted by atomic mass is 10.4. The molecule has 0 aliphatic carbocycles. The number of aliphatic hydroxyl groups is 3. The molecule has 0 fully saturated rings. The highest BCUT2D eigenvalue weighted by atomic mass is 19.3. The van der Waals surface area contributed by atoms with Crippen LogP contribution in [0, 0.1) is 0 Å². The lowest BCUT2D eigenvalue weighted by molar-refractivity contribution is -0.517. The molecule has 2 atom stereocenters. The van der Waals surface area contributed by atoms with Crippen molar-refractivity contribution in [1.82, 2.24) is 0 Å². The molecule has 0 saturated carbocycles. The van der Waals surface area contributed by atoms with Crippen LogP contribution in [0.2, 0.25) is 0 Å². The Labute approximate surface area is 174 Å². The lowest BCUT2D eigenvalue weighted by Crippen LogP contribution is -2.43. The van der Waals surface area contributed by atoms with Gasteiger partial charge < -0.3 is 34.3 Å². The smallest absolute Gasteiger partial charge is 0.388 e.